The van der Waals surface area contributed by atoms with Crippen molar-refractivity contribution in [1.82, 2.24) is 0 Å². The Bertz CT molecular complexity index is 264. The Morgan fingerprint density at radius 1 is 0.609 bits per heavy atom. The molecular formula is C14H34O6SSi2. The van der Waals surface area contributed by atoms with Crippen LogP contribution in [0.25, 0.3) is 0 Å². The topological polar surface area (TPSA) is 55.4 Å². The molecule has 0 aromatic carbocycles. The first-order valence-electron chi connectivity index (χ1n) is 8.51. The molecule has 0 aliphatic rings. The average Bonchev–Trinajstić information content (AvgIpc) is 2.48. The second kappa shape index (κ2) is 12.8. The van der Waals surface area contributed by atoms with Gasteiger partial charge in [0.2, 0.25) is 0 Å². The molecule has 1 atom stereocenters. The first-order chi connectivity index (χ1) is 11.0. The molecule has 0 radical (unpaired) electrons. The van der Waals surface area contributed by atoms with Crippen molar-refractivity contribution in [2.75, 3.05) is 39.6 Å². The van der Waals surface area contributed by atoms with Crippen LogP contribution in [0.5, 0.6) is 0 Å². The van der Waals surface area contributed by atoms with Gasteiger partial charge in [-0.25, -0.2) is 0 Å². The molecule has 1 unspecified atom stereocenters. The van der Waals surface area contributed by atoms with E-state index in [4.69, 9.17) is 39.2 Å². The third-order valence-electron chi connectivity index (χ3n) is 2.98. The van der Waals surface area contributed by atoms with E-state index in [1.165, 1.54) is 0 Å². The minimum Gasteiger partial charge on any atom is -0.374 e. The van der Waals surface area contributed by atoms with Gasteiger partial charge in [-0.2, -0.15) is 12.6 Å². The smallest absolute Gasteiger partial charge is 0.374 e. The lowest BCUT2D eigenvalue weighted by Crippen LogP contribution is -2.59. The Labute approximate surface area is 149 Å². The van der Waals surface area contributed by atoms with Gasteiger partial charge in [0.05, 0.1) is 4.87 Å². The fourth-order valence-corrected chi connectivity index (χ4v) is 9.86. The summed E-state index contributed by atoms with van der Waals surface area (Å²) in [4.78, 5) is -0.265. The van der Waals surface area contributed by atoms with Gasteiger partial charge in [0, 0.05) is 45.7 Å². The molecule has 0 saturated carbocycles. The molecular weight excluding hydrogens is 352 g/mol. The highest BCUT2D eigenvalue weighted by atomic mass is 32.1. The summed E-state index contributed by atoms with van der Waals surface area (Å²) in [6, 6.07) is 0.498. The minimum atomic E-state index is -2.94. The van der Waals surface area contributed by atoms with Crippen LogP contribution in [0.1, 0.15) is 41.5 Å². The minimum absolute atomic E-state index is 0.265. The monoisotopic (exact) mass is 386 g/mol. The molecule has 0 aliphatic heterocycles. The molecule has 0 aromatic heterocycles. The zero-order valence-corrected chi connectivity index (χ0v) is 18.3. The lowest BCUT2D eigenvalue weighted by molar-refractivity contribution is 0.0568. The van der Waals surface area contributed by atoms with Gasteiger partial charge in [0.25, 0.3) is 0 Å². The zero-order chi connectivity index (χ0) is 17.8. The fraction of sp³-hybridized carbons (Fsp3) is 1.00. The van der Waals surface area contributed by atoms with Gasteiger partial charge in [-0.15, -0.1) is 0 Å². The van der Waals surface area contributed by atoms with E-state index in [0.717, 1.165) is 0 Å². The lowest BCUT2D eigenvalue weighted by Gasteiger charge is -2.36. The van der Waals surface area contributed by atoms with E-state index in [2.05, 4.69) is 0 Å². The summed E-state index contributed by atoms with van der Waals surface area (Å²) in [5.74, 6) is 0. The largest absolute Gasteiger partial charge is 0.514 e. The van der Waals surface area contributed by atoms with Crippen LogP contribution >= 0.6 is 12.6 Å². The number of rotatable bonds is 15. The Morgan fingerprint density at radius 2 is 0.913 bits per heavy atom. The van der Waals surface area contributed by atoms with Crippen LogP contribution < -0.4 is 0 Å². The molecule has 9 heteroatoms. The number of thiol groups is 1. The lowest BCUT2D eigenvalue weighted by atomic mass is 10.9. The molecule has 6 nitrogen and oxygen atoms in total. The summed E-state index contributed by atoms with van der Waals surface area (Å²) < 4.78 is 35.5. The summed E-state index contributed by atoms with van der Waals surface area (Å²) in [5, 5.41) is 0. The van der Waals surface area contributed by atoms with Crippen LogP contribution in [-0.2, 0) is 26.6 Å². The first kappa shape index (κ1) is 23.5. The molecule has 0 heterocycles. The fourth-order valence-electron chi connectivity index (χ4n) is 2.34. The maximum atomic E-state index is 5.93. The summed E-state index contributed by atoms with van der Waals surface area (Å²) in [7, 11) is -5.77. The summed E-state index contributed by atoms with van der Waals surface area (Å²) in [5.41, 5.74) is 0. The van der Waals surface area contributed by atoms with Crippen LogP contribution in [0.15, 0.2) is 0 Å². The van der Waals surface area contributed by atoms with Crippen molar-refractivity contribution in [2.45, 2.75) is 52.5 Å². The quantitative estimate of drug-likeness (QED) is 0.345. The third kappa shape index (κ3) is 7.53. The van der Waals surface area contributed by atoms with Crippen LogP contribution in [0.3, 0.4) is 0 Å². The van der Waals surface area contributed by atoms with Gasteiger partial charge in [0.15, 0.2) is 0 Å². The van der Waals surface area contributed by atoms with Crippen LogP contribution in [0, 0.1) is 0 Å². The highest BCUT2D eigenvalue weighted by Gasteiger charge is 2.54. The second-order valence-electron chi connectivity index (χ2n) is 4.60. The predicted octanol–water partition coefficient (Wildman–Crippen LogP) is 2.92. The molecule has 0 N–H and O–H groups in total. The van der Waals surface area contributed by atoms with Crippen molar-refractivity contribution in [3.05, 3.63) is 0 Å². The highest BCUT2D eigenvalue weighted by Crippen LogP contribution is 2.29. The Kier molecular flexibility index (Phi) is 13.1. The van der Waals surface area contributed by atoms with Crippen molar-refractivity contribution in [3.63, 3.8) is 0 Å². The van der Waals surface area contributed by atoms with Crippen molar-refractivity contribution in [3.8, 4) is 0 Å². The molecule has 0 amide bonds. The van der Waals surface area contributed by atoms with E-state index >= 15 is 0 Å². The van der Waals surface area contributed by atoms with Crippen molar-refractivity contribution in [1.29, 1.82) is 0 Å². The van der Waals surface area contributed by atoms with Gasteiger partial charge in [0.1, 0.15) is 0 Å². The first-order valence-corrected chi connectivity index (χ1v) is 12.8. The van der Waals surface area contributed by atoms with Gasteiger partial charge < -0.3 is 26.6 Å². The van der Waals surface area contributed by atoms with Crippen molar-refractivity contribution in [2.24, 2.45) is 0 Å². The molecule has 0 rings (SSSR count). The maximum absolute atomic E-state index is 5.93. The van der Waals surface area contributed by atoms with Crippen LogP contribution in [-0.4, -0.2) is 62.1 Å². The van der Waals surface area contributed by atoms with E-state index in [0.29, 0.717) is 45.7 Å². The van der Waals surface area contributed by atoms with Crippen LogP contribution in [0.2, 0.25) is 6.04 Å². The van der Waals surface area contributed by atoms with E-state index in [-0.39, 0.29) is 4.87 Å². The number of hydrogen-bond donors (Lipinski definition) is 1. The van der Waals surface area contributed by atoms with Gasteiger partial charge >= 0.3 is 17.6 Å². The molecule has 0 aliphatic carbocycles. The molecule has 23 heavy (non-hydrogen) atoms. The molecule has 140 valence electrons. The maximum Gasteiger partial charge on any atom is 0.514 e. The van der Waals surface area contributed by atoms with E-state index in [1.54, 1.807) is 0 Å². The SMILES string of the molecule is CCO[Si](CC(S)[Si](OCC)(OCC)OCC)(OCC)OCC. The van der Waals surface area contributed by atoms with E-state index in [1.807, 2.05) is 41.5 Å². The average molecular weight is 387 g/mol. The van der Waals surface area contributed by atoms with Crippen LogP contribution in [0.4, 0.5) is 0 Å². The highest BCUT2D eigenvalue weighted by molar-refractivity contribution is 7.83. The van der Waals surface area contributed by atoms with Crippen molar-refractivity contribution < 1.29 is 26.6 Å². The van der Waals surface area contributed by atoms with E-state index in [9.17, 15) is 0 Å². The summed E-state index contributed by atoms with van der Waals surface area (Å²) in [6.07, 6.45) is 0. The normalized spacial score (nSPS) is 14.2. The van der Waals surface area contributed by atoms with Gasteiger partial charge in [-0.3, -0.25) is 0 Å². The Balaban J connectivity index is 5.37. The Morgan fingerprint density at radius 3 is 1.17 bits per heavy atom. The second-order valence-corrected chi connectivity index (χ2v) is 11.1. The van der Waals surface area contributed by atoms with Crippen molar-refractivity contribution >= 4 is 30.2 Å². The summed E-state index contributed by atoms with van der Waals surface area (Å²) >= 11 is 4.77. The van der Waals surface area contributed by atoms with Gasteiger partial charge in [-0.1, -0.05) is 0 Å². The Hall–Kier alpha value is 0.544. The summed E-state index contributed by atoms with van der Waals surface area (Å²) in [6.45, 7) is 14.7. The molecule has 0 fully saturated rings. The molecule has 0 spiro atoms. The molecule has 0 saturated heterocycles. The molecule has 0 bridgehead atoms. The molecule has 0 aromatic rings. The number of hydrogen-bond acceptors (Lipinski definition) is 7. The van der Waals surface area contributed by atoms with Gasteiger partial charge in [-0.05, 0) is 41.5 Å². The third-order valence-corrected chi connectivity index (χ3v) is 11.1. The zero-order valence-electron chi connectivity index (χ0n) is 15.4. The standard InChI is InChI=1S/C14H34O6SSi2/c1-7-15-22(16-8-2,17-9-3)13-14(21)23(18-10-4,19-11-5)20-12-6/h14,21H,7-13H2,1-6H3. The predicted molar refractivity (Wildman–Crippen MR) is 98.8 cm³/mol. The van der Waals surface area contributed by atoms with E-state index < -0.39 is 17.6 Å².